The molecule has 0 radical (unpaired) electrons. The number of rotatable bonds is 2. The molecule has 2 unspecified atom stereocenters. The van der Waals surface area contributed by atoms with Gasteiger partial charge in [0.25, 0.3) is 0 Å². The standard InChI is InChI=1S/C15H29N3/c1-13-10-17-9-3-4-14(17)11-18(13)12-15(2)5-7-16-8-6-15/h13-14,16H,3-12H2,1-2H3. The maximum atomic E-state index is 3.50. The predicted molar refractivity (Wildman–Crippen MR) is 75.8 cm³/mol. The van der Waals surface area contributed by atoms with Crippen LogP contribution >= 0.6 is 0 Å². The van der Waals surface area contributed by atoms with E-state index in [9.17, 15) is 0 Å². The smallest absolute Gasteiger partial charge is 0.0224 e. The highest BCUT2D eigenvalue weighted by molar-refractivity contribution is 4.93. The summed E-state index contributed by atoms with van der Waals surface area (Å²) in [6.07, 6.45) is 5.56. The number of nitrogens with one attached hydrogen (secondary N) is 1. The molecule has 3 fully saturated rings. The first kappa shape index (κ1) is 12.9. The molecule has 104 valence electrons. The van der Waals surface area contributed by atoms with Crippen LogP contribution in [0.2, 0.25) is 0 Å². The average molecular weight is 251 g/mol. The number of piperidine rings is 1. The van der Waals surface area contributed by atoms with Gasteiger partial charge in [-0.15, -0.1) is 0 Å². The Balaban J connectivity index is 1.61. The maximum Gasteiger partial charge on any atom is 0.0224 e. The van der Waals surface area contributed by atoms with E-state index < -0.39 is 0 Å². The molecule has 0 saturated carbocycles. The van der Waals surface area contributed by atoms with E-state index in [0.717, 1.165) is 12.1 Å². The van der Waals surface area contributed by atoms with Crippen LogP contribution in [0.5, 0.6) is 0 Å². The second-order valence-electron chi connectivity index (χ2n) is 7.13. The third-order valence-electron chi connectivity index (χ3n) is 5.46. The van der Waals surface area contributed by atoms with E-state index in [0.29, 0.717) is 5.41 Å². The lowest BCUT2D eigenvalue weighted by atomic mass is 9.80. The lowest BCUT2D eigenvalue weighted by Crippen LogP contribution is -2.57. The summed E-state index contributed by atoms with van der Waals surface area (Å²) < 4.78 is 0. The van der Waals surface area contributed by atoms with Crippen LogP contribution in [-0.4, -0.2) is 61.2 Å². The van der Waals surface area contributed by atoms with E-state index in [2.05, 4.69) is 29.0 Å². The van der Waals surface area contributed by atoms with Crippen LogP contribution < -0.4 is 5.32 Å². The second kappa shape index (κ2) is 5.10. The molecule has 3 heterocycles. The first-order valence-electron chi connectivity index (χ1n) is 7.85. The summed E-state index contributed by atoms with van der Waals surface area (Å²) in [5.74, 6) is 0. The lowest BCUT2D eigenvalue weighted by molar-refractivity contribution is 0.0213. The highest BCUT2D eigenvalue weighted by Gasteiger charge is 2.37. The van der Waals surface area contributed by atoms with Crippen molar-refractivity contribution < 1.29 is 0 Å². The highest BCUT2D eigenvalue weighted by atomic mass is 15.3. The number of piperazine rings is 1. The Labute approximate surface area is 112 Å². The van der Waals surface area contributed by atoms with Crippen LogP contribution in [0.1, 0.15) is 39.5 Å². The van der Waals surface area contributed by atoms with Gasteiger partial charge >= 0.3 is 0 Å². The fourth-order valence-electron chi connectivity index (χ4n) is 4.15. The van der Waals surface area contributed by atoms with E-state index >= 15 is 0 Å². The second-order valence-corrected chi connectivity index (χ2v) is 7.13. The van der Waals surface area contributed by atoms with Crippen LogP contribution in [0.3, 0.4) is 0 Å². The van der Waals surface area contributed by atoms with Gasteiger partial charge in [-0.1, -0.05) is 6.92 Å². The van der Waals surface area contributed by atoms with Crippen molar-refractivity contribution in [2.45, 2.75) is 51.6 Å². The van der Waals surface area contributed by atoms with Gasteiger partial charge in [0, 0.05) is 31.7 Å². The Morgan fingerprint density at radius 3 is 2.78 bits per heavy atom. The molecule has 3 aliphatic rings. The highest BCUT2D eigenvalue weighted by Crippen LogP contribution is 2.32. The molecule has 0 bridgehead atoms. The zero-order valence-electron chi connectivity index (χ0n) is 12.1. The zero-order chi connectivity index (χ0) is 12.6. The molecule has 0 aromatic heterocycles. The van der Waals surface area contributed by atoms with Crippen molar-refractivity contribution in [1.82, 2.24) is 15.1 Å². The van der Waals surface area contributed by atoms with Gasteiger partial charge in [0.1, 0.15) is 0 Å². The molecule has 3 aliphatic heterocycles. The summed E-state index contributed by atoms with van der Waals surface area (Å²) in [4.78, 5) is 5.52. The molecule has 3 rings (SSSR count). The molecular weight excluding hydrogens is 222 g/mol. The topological polar surface area (TPSA) is 18.5 Å². The fraction of sp³-hybridized carbons (Fsp3) is 1.00. The summed E-state index contributed by atoms with van der Waals surface area (Å²) in [7, 11) is 0. The third kappa shape index (κ3) is 2.59. The largest absolute Gasteiger partial charge is 0.317 e. The molecule has 3 nitrogen and oxygen atoms in total. The molecule has 0 amide bonds. The van der Waals surface area contributed by atoms with E-state index in [1.54, 1.807) is 0 Å². The maximum absolute atomic E-state index is 3.50. The Hall–Kier alpha value is -0.120. The van der Waals surface area contributed by atoms with Gasteiger partial charge in [-0.25, -0.2) is 0 Å². The number of hydrogen-bond donors (Lipinski definition) is 1. The average Bonchev–Trinajstić information content (AvgIpc) is 2.77. The summed E-state index contributed by atoms with van der Waals surface area (Å²) >= 11 is 0. The van der Waals surface area contributed by atoms with Gasteiger partial charge in [-0.3, -0.25) is 9.80 Å². The van der Waals surface area contributed by atoms with E-state index in [4.69, 9.17) is 0 Å². The van der Waals surface area contributed by atoms with Crippen molar-refractivity contribution in [2.24, 2.45) is 5.41 Å². The number of nitrogens with zero attached hydrogens (tertiary/aromatic N) is 2. The normalized spacial score (nSPS) is 37.7. The van der Waals surface area contributed by atoms with Gasteiger partial charge in [-0.05, 0) is 57.7 Å². The van der Waals surface area contributed by atoms with E-state index in [1.165, 1.54) is 65.0 Å². The van der Waals surface area contributed by atoms with Crippen molar-refractivity contribution in [3.63, 3.8) is 0 Å². The van der Waals surface area contributed by atoms with Gasteiger partial charge < -0.3 is 5.32 Å². The molecule has 0 aliphatic carbocycles. The van der Waals surface area contributed by atoms with Crippen molar-refractivity contribution in [3.8, 4) is 0 Å². The third-order valence-corrected chi connectivity index (χ3v) is 5.46. The Morgan fingerprint density at radius 1 is 1.22 bits per heavy atom. The fourth-order valence-corrected chi connectivity index (χ4v) is 4.15. The van der Waals surface area contributed by atoms with Crippen LogP contribution in [0.4, 0.5) is 0 Å². The van der Waals surface area contributed by atoms with Crippen LogP contribution in [-0.2, 0) is 0 Å². The molecule has 1 N–H and O–H groups in total. The lowest BCUT2D eigenvalue weighted by Gasteiger charge is -2.47. The Bertz CT molecular complexity index is 285. The Kier molecular flexibility index (Phi) is 3.65. The first-order valence-corrected chi connectivity index (χ1v) is 7.85. The van der Waals surface area contributed by atoms with E-state index in [-0.39, 0.29) is 0 Å². The molecule has 0 aromatic rings. The Morgan fingerprint density at radius 2 is 2.00 bits per heavy atom. The minimum atomic E-state index is 0.556. The molecule has 0 spiro atoms. The molecule has 3 saturated heterocycles. The van der Waals surface area contributed by atoms with Crippen molar-refractivity contribution in [3.05, 3.63) is 0 Å². The summed E-state index contributed by atoms with van der Waals surface area (Å²) in [5, 5.41) is 3.50. The monoisotopic (exact) mass is 251 g/mol. The van der Waals surface area contributed by atoms with Crippen LogP contribution in [0.25, 0.3) is 0 Å². The quantitative estimate of drug-likeness (QED) is 0.803. The van der Waals surface area contributed by atoms with Crippen molar-refractivity contribution in [1.29, 1.82) is 0 Å². The van der Waals surface area contributed by atoms with Crippen molar-refractivity contribution in [2.75, 3.05) is 39.3 Å². The summed E-state index contributed by atoms with van der Waals surface area (Å²) in [6.45, 7) is 12.7. The molecular formula is C15H29N3. The number of fused-ring (bicyclic) bond motifs is 1. The van der Waals surface area contributed by atoms with Gasteiger partial charge in [0.15, 0.2) is 0 Å². The van der Waals surface area contributed by atoms with Gasteiger partial charge in [-0.2, -0.15) is 0 Å². The first-order chi connectivity index (χ1) is 8.66. The minimum absolute atomic E-state index is 0.556. The minimum Gasteiger partial charge on any atom is -0.317 e. The van der Waals surface area contributed by atoms with E-state index in [1.807, 2.05) is 0 Å². The predicted octanol–water partition coefficient (Wildman–Crippen LogP) is 1.54. The van der Waals surface area contributed by atoms with Crippen molar-refractivity contribution >= 4 is 0 Å². The molecule has 0 aromatic carbocycles. The summed E-state index contributed by atoms with van der Waals surface area (Å²) in [5.41, 5.74) is 0.556. The van der Waals surface area contributed by atoms with Crippen LogP contribution in [0, 0.1) is 5.41 Å². The SMILES string of the molecule is CC1CN2CCCC2CN1CC1(C)CCNCC1. The molecule has 18 heavy (non-hydrogen) atoms. The zero-order valence-corrected chi connectivity index (χ0v) is 12.1. The number of hydrogen-bond acceptors (Lipinski definition) is 3. The van der Waals surface area contributed by atoms with Gasteiger partial charge in [0.05, 0.1) is 0 Å². The van der Waals surface area contributed by atoms with Crippen LogP contribution in [0.15, 0.2) is 0 Å². The summed E-state index contributed by atoms with van der Waals surface area (Å²) in [6, 6.07) is 1.62. The molecule has 3 heteroatoms. The molecule has 2 atom stereocenters. The van der Waals surface area contributed by atoms with Gasteiger partial charge in [0.2, 0.25) is 0 Å².